The van der Waals surface area contributed by atoms with Crippen molar-refractivity contribution < 1.29 is 4.42 Å². The first-order valence-corrected chi connectivity index (χ1v) is 13.0. The molecule has 1 aromatic heterocycles. The number of rotatable bonds is 5. The molecule has 3 aliphatic rings. The Labute approximate surface area is 194 Å². The van der Waals surface area contributed by atoms with Crippen molar-refractivity contribution >= 4 is 11.4 Å². The molecule has 4 nitrogen and oxygen atoms in total. The first-order chi connectivity index (χ1) is 15.6. The molecule has 0 bridgehead atoms. The standard InChI is InChI=1S/C28H41N3O/c1-28(2)12-10-23(11-13-28)26-21-24(30-14-4-3-5-15-30)8-9-27(26)31-18-16-29(17-19-31)22-25-7-6-20-32-25/h6-9,20-21,23H,3-5,10-19,22H2,1-2H3. The van der Waals surface area contributed by atoms with Gasteiger partial charge in [0.2, 0.25) is 0 Å². The van der Waals surface area contributed by atoms with Gasteiger partial charge < -0.3 is 14.2 Å². The van der Waals surface area contributed by atoms with E-state index >= 15 is 0 Å². The van der Waals surface area contributed by atoms with Gasteiger partial charge in [-0.15, -0.1) is 0 Å². The molecule has 1 saturated carbocycles. The third-order valence-corrected chi connectivity index (χ3v) is 8.18. The summed E-state index contributed by atoms with van der Waals surface area (Å²) in [5.74, 6) is 1.79. The second-order valence-electron chi connectivity index (χ2n) is 11.1. The smallest absolute Gasteiger partial charge is 0.117 e. The van der Waals surface area contributed by atoms with E-state index in [1.54, 1.807) is 11.8 Å². The van der Waals surface area contributed by atoms with E-state index in [0.29, 0.717) is 11.3 Å². The highest BCUT2D eigenvalue weighted by Gasteiger charge is 2.31. The van der Waals surface area contributed by atoms with Gasteiger partial charge in [0, 0.05) is 50.6 Å². The summed E-state index contributed by atoms with van der Waals surface area (Å²) in [6.07, 6.45) is 11.2. The number of furan rings is 1. The highest BCUT2D eigenvalue weighted by atomic mass is 16.3. The summed E-state index contributed by atoms with van der Waals surface area (Å²) in [6, 6.07) is 11.5. The van der Waals surface area contributed by atoms with Gasteiger partial charge in [0.05, 0.1) is 12.8 Å². The number of hydrogen-bond acceptors (Lipinski definition) is 4. The van der Waals surface area contributed by atoms with Gasteiger partial charge in [0.1, 0.15) is 5.76 Å². The average molecular weight is 436 g/mol. The summed E-state index contributed by atoms with van der Waals surface area (Å²) in [4.78, 5) is 7.82. The van der Waals surface area contributed by atoms with Crippen molar-refractivity contribution in [2.24, 2.45) is 5.41 Å². The zero-order chi connectivity index (χ0) is 22.0. The molecule has 2 aliphatic heterocycles. The molecule has 0 spiro atoms. The zero-order valence-electron chi connectivity index (χ0n) is 20.2. The summed E-state index contributed by atoms with van der Waals surface area (Å²) in [5, 5.41) is 0. The molecule has 0 unspecified atom stereocenters. The Hall–Kier alpha value is -1.94. The molecule has 0 atom stereocenters. The molecule has 3 heterocycles. The van der Waals surface area contributed by atoms with Crippen molar-refractivity contribution in [2.45, 2.75) is 71.3 Å². The summed E-state index contributed by atoms with van der Waals surface area (Å²) < 4.78 is 5.57. The Morgan fingerprint density at radius 3 is 2.31 bits per heavy atom. The van der Waals surface area contributed by atoms with E-state index in [0.717, 1.165) is 38.5 Å². The second kappa shape index (κ2) is 9.51. The van der Waals surface area contributed by atoms with Gasteiger partial charge in [-0.2, -0.15) is 0 Å². The van der Waals surface area contributed by atoms with E-state index in [2.05, 4.69) is 52.8 Å². The van der Waals surface area contributed by atoms with Crippen LogP contribution >= 0.6 is 0 Å². The number of piperazine rings is 1. The monoisotopic (exact) mass is 435 g/mol. The number of hydrogen-bond donors (Lipinski definition) is 0. The molecule has 3 fully saturated rings. The van der Waals surface area contributed by atoms with Crippen molar-refractivity contribution in [3.8, 4) is 0 Å². The maximum absolute atomic E-state index is 5.57. The van der Waals surface area contributed by atoms with Crippen LogP contribution in [0.3, 0.4) is 0 Å². The molecule has 2 saturated heterocycles. The van der Waals surface area contributed by atoms with Crippen LogP contribution in [-0.4, -0.2) is 44.2 Å². The predicted molar refractivity (Wildman–Crippen MR) is 134 cm³/mol. The summed E-state index contributed by atoms with van der Waals surface area (Å²) in [6.45, 7) is 12.7. The summed E-state index contributed by atoms with van der Waals surface area (Å²) >= 11 is 0. The summed E-state index contributed by atoms with van der Waals surface area (Å²) in [7, 11) is 0. The van der Waals surface area contributed by atoms with Crippen molar-refractivity contribution in [3.05, 3.63) is 47.9 Å². The van der Waals surface area contributed by atoms with Crippen LogP contribution in [0.15, 0.2) is 41.0 Å². The maximum Gasteiger partial charge on any atom is 0.117 e. The average Bonchev–Trinajstić information content (AvgIpc) is 3.33. The van der Waals surface area contributed by atoms with E-state index in [1.807, 2.05) is 6.07 Å². The predicted octanol–water partition coefficient (Wildman–Crippen LogP) is 6.28. The third kappa shape index (κ3) is 5.01. The lowest BCUT2D eigenvalue weighted by atomic mass is 9.71. The topological polar surface area (TPSA) is 22.9 Å². The van der Waals surface area contributed by atoms with Crippen molar-refractivity contribution in [1.82, 2.24) is 4.90 Å². The normalized spacial score (nSPS) is 22.9. The molecule has 0 radical (unpaired) electrons. The fraction of sp³-hybridized carbons (Fsp3) is 0.643. The second-order valence-corrected chi connectivity index (χ2v) is 11.1. The van der Waals surface area contributed by atoms with Crippen LogP contribution in [-0.2, 0) is 6.54 Å². The van der Waals surface area contributed by atoms with Crippen LogP contribution in [0.4, 0.5) is 11.4 Å². The number of nitrogens with zero attached hydrogens (tertiary/aromatic N) is 3. The lowest BCUT2D eigenvalue weighted by Gasteiger charge is -2.40. The van der Waals surface area contributed by atoms with Crippen LogP contribution in [0.1, 0.15) is 76.0 Å². The molecule has 32 heavy (non-hydrogen) atoms. The SMILES string of the molecule is CC1(C)CCC(c2cc(N3CCCCC3)ccc2N2CCN(Cc3ccco3)CC2)CC1. The minimum atomic E-state index is 0.513. The lowest BCUT2D eigenvalue weighted by molar-refractivity contribution is 0.222. The highest BCUT2D eigenvalue weighted by molar-refractivity contribution is 5.63. The Morgan fingerprint density at radius 2 is 1.62 bits per heavy atom. The van der Waals surface area contributed by atoms with Crippen LogP contribution in [0.2, 0.25) is 0 Å². The Morgan fingerprint density at radius 1 is 0.875 bits per heavy atom. The minimum Gasteiger partial charge on any atom is -0.468 e. The molecule has 1 aliphatic carbocycles. The van der Waals surface area contributed by atoms with Gasteiger partial charge in [0.15, 0.2) is 0 Å². The molecular weight excluding hydrogens is 394 g/mol. The van der Waals surface area contributed by atoms with E-state index < -0.39 is 0 Å². The summed E-state index contributed by atoms with van der Waals surface area (Å²) in [5.41, 5.74) is 5.11. The molecule has 5 rings (SSSR count). The molecule has 174 valence electrons. The number of piperidine rings is 1. The number of benzene rings is 1. The molecule has 1 aromatic carbocycles. The fourth-order valence-electron chi connectivity index (χ4n) is 5.99. The maximum atomic E-state index is 5.57. The van der Waals surface area contributed by atoms with Crippen LogP contribution in [0, 0.1) is 5.41 Å². The van der Waals surface area contributed by atoms with Crippen LogP contribution in [0.25, 0.3) is 0 Å². The number of anilines is 2. The minimum absolute atomic E-state index is 0.513. The lowest BCUT2D eigenvalue weighted by Crippen LogP contribution is -2.46. The first-order valence-electron chi connectivity index (χ1n) is 13.0. The van der Waals surface area contributed by atoms with E-state index in [-0.39, 0.29) is 0 Å². The first kappa shape index (κ1) is 21.9. The van der Waals surface area contributed by atoms with Gasteiger partial charge in [0.25, 0.3) is 0 Å². The van der Waals surface area contributed by atoms with Crippen LogP contribution in [0.5, 0.6) is 0 Å². The van der Waals surface area contributed by atoms with Gasteiger partial charge in [-0.25, -0.2) is 0 Å². The largest absolute Gasteiger partial charge is 0.468 e. The third-order valence-electron chi connectivity index (χ3n) is 8.18. The highest BCUT2D eigenvalue weighted by Crippen LogP contribution is 2.45. The van der Waals surface area contributed by atoms with Gasteiger partial charge >= 0.3 is 0 Å². The van der Waals surface area contributed by atoms with E-state index in [1.165, 1.54) is 69.4 Å². The molecule has 2 aromatic rings. The van der Waals surface area contributed by atoms with Gasteiger partial charge in [-0.05, 0) is 92.2 Å². The molecule has 0 N–H and O–H groups in total. The quantitative estimate of drug-likeness (QED) is 0.551. The van der Waals surface area contributed by atoms with E-state index in [4.69, 9.17) is 4.42 Å². The molecule has 4 heteroatoms. The van der Waals surface area contributed by atoms with Crippen molar-refractivity contribution in [2.75, 3.05) is 49.1 Å². The van der Waals surface area contributed by atoms with E-state index in [9.17, 15) is 0 Å². The fourth-order valence-corrected chi connectivity index (χ4v) is 5.99. The molecular formula is C28H41N3O. The zero-order valence-corrected chi connectivity index (χ0v) is 20.2. The van der Waals surface area contributed by atoms with Crippen LogP contribution < -0.4 is 9.80 Å². The van der Waals surface area contributed by atoms with Crippen molar-refractivity contribution in [1.29, 1.82) is 0 Å². The van der Waals surface area contributed by atoms with Crippen molar-refractivity contribution in [3.63, 3.8) is 0 Å². The van der Waals surface area contributed by atoms with Gasteiger partial charge in [-0.1, -0.05) is 13.8 Å². The Kier molecular flexibility index (Phi) is 6.50. The Balaban J connectivity index is 1.33. The van der Waals surface area contributed by atoms with Gasteiger partial charge in [-0.3, -0.25) is 4.90 Å². The molecule has 0 amide bonds. The Bertz CT molecular complexity index is 851.